The molecular weight excluding hydrogens is 348 g/mol. The second kappa shape index (κ2) is 7.59. The van der Waals surface area contributed by atoms with Gasteiger partial charge >= 0.3 is 0 Å². The number of carbonyl (C=O) groups is 1. The van der Waals surface area contributed by atoms with E-state index in [0.717, 1.165) is 25.9 Å². The van der Waals surface area contributed by atoms with Gasteiger partial charge in [-0.3, -0.25) is 4.79 Å². The standard InChI is InChI=1S/C24H28N2O2/c27-24(23-4-3-15-28-23)26-16-20-9-10-21(22(20)17-26)19-7-5-18(6-8-19)11-14-25-12-1-2-13-25/h3-8,10,15,20,22H,1-2,9,11-14,16-17H2/t20-,22+/m1/s1. The summed E-state index contributed by atoms with van der Waals surface area (Å²) in [5.74, 6) is 1.47. The summed E-state index contributed by atoms with van der Waals surface area (Å²) in [5, 5.41) is 0. The van der Waals surface area contributed by atoms with Crippen LogP contribution in [0.2, 0.25) is 0 Å². The van der Waals surface area contributed by atoms with Crippen LogP contribution in [0.15, 0.2) is 53.2 Å². The highest BCUT2D eigenvalue weighted by molar-refractivity contribution is 5.92. The van der Waals surface area contributed by atoms with Gasteiger partial charge in [0.25, 0.3) is 5.91 Å². The average molecular weight is 377 g/mol. The maximum Gasteiger partial charge on any atom is 0.289 e. The zero-order chi connectivity index (χ0) is 18.9. The summed E-state index contributed by atoms with van der Waals surface area (Å²) in [4.78, 5) is 17.2. The number of fused-ring (bicyclic) bond motifs is 1. The molecule has 0 spiro atoms. The molecule has 2 saturated heterocycles. The molecule has 3 heterocycles. The van der Waals surface area contributed by atoms with Gasteiger partial charge in [-0.15, -0.1) is 0 Å². The van der Waals surface area contributed by atoms with Crippen LogP contribution in [0.3, 0.4) is 0 Å². The molecule has 2 atom stereocenters. The number of likely N-dealkylation sites (tertiary alicyclic amines) is 2. The first-order valence-electron chi connectivity index (χ1n) is 10.6. The van der Waals surface area contributed by atoms with Crippen molar-refractivity contribution in [1.29, 1.82) is 0 Å². The largest absolute Gasteiger partial charge is 0.459 e. The van der Waals surface area contributed by atoms with E-state index in [1.165, 1.54) is 49.2 Å². The van der Waals surface area contributed by atoms with E-state index < -0.39 is 0 Å². The highest BCUT2D eigenvalue weighted by atomic mass is 16.3. The van der Waals surface area contributed by atoms with Gasteiger partial charge in [0.05, 0.1) is 6.26 Å². The van der Waals surface area contributed by atoms with Crippen molar-refractivity contribution in [1.82, 2.24) is 9.80 Å². The Bertz CT molecular complexity index is 847. The lowest BCUT2D eigenvalue weighted by molar-refractivity contribution is 0.0753. The quantitative estimate of drug-likeness (QED) is 0.789. The van der Waals surface area contributed by atoms with E-state index in [1.54, 1.807) is 18.4 Å². The molecule has 2 aromatic rings. The molecule has 3 aliphatic rings. The number of nitrogens with zero attached hydrogens (tertiary/aromatic N) is 2. The van der Waals surface area contributed by atoms with Crippen molar-refractivity contribution in [2.45, 2.75) is 25.7 Å². The molecule has 1 amide bonds. The molecule has 28 heavy (non-hydrogen) atoms. The number of carbonyl (C=O) groups excluding carboxylic acids is 1. The van der Waals surface area contributed by atoms with E-state index in [2.05, 4.69) is 35.2 Å². The van der Waals surface area contributed by atoms with Crippen molar-refractivity contribution in [2.75, 3.05) is 32.7 Å². The molecule has 1 aromatic heterocycles. The van der Waals surface area contributed by atoms with Crippen LogP contribution < -0.4 is 0 Å². The lowest BCUT2D eigenvalue weighted by atomic mass is 9.90. The highest BCUT2D eigenvalue weighted by Gasteiger charge is 2.40. The number of rotatable bonds is 5. The van der Waals surface area contributed by atoms with Gasteiger partial charge in [0.2, 0.25) is 0 Å². The number of amides is 1. The zero-order valence-corrected chi connectivity index (χ0v) is 16.3. The molecule has 0 N–H and O–H groups in total. The van der Waals surface area contributed by atoms with Gasteiger partial charge in [-0.05, 0) is 73.5 Å². The minimum atomic E-state index is 0.0241. The summed E-state index contributed by atoms with van der Waals surface area (Å²) in [6, 6.07) is 12.7. The normalized spacial score (nSPS) is 24.6. The van der Waals surface area contributed by atoms with Crippen molar-refractivity contribution in [3.63, 3.8) is 0 Å². The minimum absolute atomic E-state index is 0.0241. The number of allylic oxidation sites excluding steroid dienone is 1. The van der Waals surface area contributed by atoms with E-state index in [4.69, 9.17) is 4.42 Å². The molecule has 4 heteroatoms. The molecule has 0 radical (unpaired) electrons. The topological polar surface area (TPSA) is 36.7 Å². The maximum atomic E-state index is 12.6. The van der Waals surface area contributed by atoms with Gasteiger partial charge in [-0.25, -0.2) is 0 Å². The number of benzene rings is 1. The van der Waals surface area contributed by atoms with Crippen LogP contribution in [0.5, 0.6) is 0 Å². The first-order valence-corrected chi connectivity index (χ1v) is 10.6. The predicted molar refractivity (Wildman–Crippen MR) is 110 cm³/mol. The van der Waals surface area contributed by atoms with Crippen LogP contribution in [0.4, 0.5) is 0 Å². The fourth-order valence-corrected chi connectivity index (χ4v) is 5.10. The van der Waals surface area contributed by atoms with Crippen molar-refractivity contribution < 1.29 is 9.21 Å². The van der Waals surface area contributed by atoms with Gasteiger partial charge in [0, 0.05) is 25.6 Å². The van der Waals surface area contributed by atoms with Crippen molar-refractivity contribution >= 4 is 11.5 Å². The Morgan fingerprint density at radius 3 is 2.64 bits per heavy atom. The molecule has 4 nitrogen and oxygen atoms in total. The molecular formula is C24H28N2O2. The summed E-state index contributed by atoms with van der Waals surface area (Å²) in [6.07, 6.45) is 8.88. The fraction of sp³-hybridized carbons (Fsp3) is 0.458. The maximum absolute atomic E-state index is 12.6. The zero-order valence-electron chi connectivity index (χ0n) is 16.3. The van der Waals surface area contributed by atoms with Crippen LogP contribution in [-0.4, -0.2) is 48.4 Å². The third-order valence-electron chi connectivity index (χ3n) is 6.70. The summed E-state index contributed by atoms with van der Waals surface area (Å²) in [5.41, 5.74) is 4.17. The molecule has 1 aliphatic carbocycles. The molecule has 2 fully saturated rings. The molecule has 146 valence electrons. The second-order valence-corrected chi connectivity index (χ2v) is 8.44. The average Bonchev–Trinajstić information content (AvgIpc) is 3.51. The highest BCUT2D eigenvalue weighted by Crippen LogP contribution is 2.43. The lowest BCUT2D eigenvalue weighted by Crippen LogP contribution is -2.29. The Hall–Kier alpha value is -2.33. The summed E-state index contributed by atoms with van der Waals surface area (Å²) < 4.78 is 5.31. The van der Waals surface area contributed by atoms with Gasteiger partial charge in [0.1, 0.15) is 0 Å². The smallest absolute Gasteiger partial charge is 0.289 e. The molecule has 2 aliphatic heterocycles. The Balaban J connectivity index is 1.22. The van der Waals surface area contributed by atoms with Gasteiger partial charge in [-0.1, -0.05) is 30.3 Å². The Morgan fingerprint density at radius 1 is 1.07 bits per heavy atom. The first-order chi connectivity index (χ1) is 13.8. The summed E-state index contributed by atoms with van der Waals surface area (Å²) in [7, 11) is 0. The SMILES string of the molecule is O=C(c1ccco1)N1C[C@H]2CC=C(c3ccc(CCN4CCCC4)cc3)[C@H]2C1. The summed E-state index contributed by atoms with van der Waals surface area (Å²) >= 11 is 0. The third kappa shape index (κ3) is 3.42. The van der Waals surface area contributed by atoms with E-state index in [1.807, 2.05) is 4.90 Å². The minimum Gasteiger partial charge on any atom is -0.459 e. The van der Waals surface area contributed by atoms with Crippen LogP contribution in [0.25, 0.3) is 5.57 Å². The van der Waals surface area contributed by atoms with E-state index in [9.17, 15) is 4.79 Å². The monoisotopic (exact) mass is 376 g/mol. The third-order valence-corrected chi connectivity index (χ3v) is 6.70. The van der Waals surface area contributed by atoms with Crippen molar-refractivity contribution in [2.24, 2.45) is 11.8 Å². The Labute approximate surface area is 166 Å². The number of hydrogen-bond donors (Lipinski definition) is 0. The summed E-state index contributed by atoms with van der Waals surface area (Å²) in [6.45, 7) is 5.34. The molecule has 1 aromatic carbocycles. The molecule has 0 unspecified atom stereocenters. The lowest BCUT2D eigenvalue weighted by Gasteiger charge is -2.17. The van der Waals surface area contributed by atoms with Crippen LogP contribution >= 0.6 is 0 Å². The Morgan fingerprint density at radius 2 is 1.89 bits per heavy atom. The molecule has 0 bridgehead atoms. The van der Waals surface area contributed by atoms with E-state index in [0.29, 0.717) is 17.6 Å². The number of furan rings is 1. The molecule has 5 rings (SSSR count). The van der Waals surface area contributed by atoms with E-state index in [-0.39, 0.29) is 5.91 Å². The van der Waals surface area contributed by atoms with Crippen LogP contribution in [0.1, 0.15) is 40.9 Å². The van der Waals surface area contributed by atoms with Crippen molar-refractivity contribution in [3.05, 3.63) is 65.6 Å². The van der Waals surface area contributed by atoms with Gasteiger partial charge in [0.15, 0.2) is 5.76 Å². The Kier molecular flexibility index (Phi) is 4.81. The molecule has 0 saturated carbocycles. The first kappa shape index (κ1) is 17.7. The van der Waals surface area contributed by atoms with Crippen LogP contribution in [-0.2, 0) is 6.42 Å². The number of hydrogen-bond acceptors (Lipinski definition) is 3. The van der Waals surface area contributed by atoms with Gasteiger partial charge in [-0.2, -0.15) is 0 Å². The predicted octanol–water partition coefficient (Wildman–Crippen LogP) is 4.09. The van der Waals surface area contributed by atoms with Crippen LogP contribution in [0, 0.1) is 11.8 Å². The van der Waals surface area contributed by atoms with E-state index >= 15 is 0 Å². The second-order valence-electron chi connectivity index (χ2n) is 8.44. The van der Waals surface area contributed by atoms with Gasteiger partial charge < -0.3 is 14.2 Å². The fourth-order valence-electron chi connectivity index (χ4n) is 5.10. The van der Waals surface area contributed by atoms with Crippen molar-refractivity contribution in [3.8, 4) is 0 Å².